The van der Waals surface area contributed by atoms with Crippen LogP contribution in [0, 0.1) is 0 Å². The van der Waals surface area contributed by atoms with Gasteiger partial charge in [0.2, 0.25) is 0 Å². The molecule has 6 heteroatoms. The molecule has 3 rings (SSSR count). The number of amides is 2. The van der Waals surface area contributed by atoms with Crippen LogP contribution >= 0.6 is 23.1 Å². The summed E-state index contributed by atoms with van der Waals surface area (Å²) in [5, 5.41) is 1.69. The molecule has 1 fully saturated rings. The Morgan fingerprint density at radius 3 is 2.64 bits per heavy atom. The van der Waals surface area contributed by atoms with E-state index in [0.717, 1.165) is 22.4 Å². The van der Waals surface area contributed by atoms with Crippen molar-refractivity contribution in [2.75, 3.05) is 13.2 Å². The number of benzene rings is 1. The molecule has 4 nitrogen and oxygen atoms in total. The van der Waals surface area contributed by atoms with Crippen LogP contribution in [0.4, 0.5) is 4.79 Å². The van der Waals surface area contributed by atoms with Crippen molar-refractivity contribution in [1.82, 2.24) is 4.90 Å². The maximum Gasteiger partial charge on any atom is 0.293 e. The van der Waals surface area contributed by atoms with Crippen LogP contribution < -0.4 is 4.74 Å². The number of ether oxygens (including phenoxy) is 1. The van der Waals surface area contributed by atoms with Gasteiger partial charge in [0.25, 0.3) is 11.1 Å². The second kappa shape index (κ2) is 6.81. The number of para-hydroxylation sites is 1. The lowest BCUT2D eigenvalue weighted by molar-refractivity contribution is -0.123. The van der Waals surface area contributed by atoms with E-state index in [0.29, 0.717) is 4.91 Å². The Morgan fingerprint density at radius 2 is 1.91 bits per heavy atom. The van der Waals surface area contributed by atoms with Gasteiger partial charge < -0.3 is 4.74 Å². The van der Waals surface area contributed by atoms with Gasteiger partial charge in [-0.1, -0.05) is 24.3 Å². The summed E-state index contributed by atoms with van der Waals surface area (Å²) >= 11 is 2.51. The molecule has 1 aromatic heterocycles. The zero-order valence-electron chi connectivity index (χ0n) is 11.6. The van der Waals surface area contributed by atoms with Gasteiger partial charge in [0.05, 0.1) is 11.4 Å². The van der Waals surface area contributed by atoms with Gasteiger partial charge in [-0.3, -0.25) is 14.5 Å². The summed E-state index contributed by atoms with van der Waals surface area (Å²) in [6.45, 7) is 0.537. The normalized spacial score (nSPS) is 16.5. The van der Waals surface area contributed by atoms with E-state index >= 15 is 0 Å². The van der Waals surface area contributed by atoms with Crippen molar-refractivity contribution in [3.63, 3.8) is 0 Å². The fourth-order valence-corrected chi connectivity index (χ4v) is 3.55. The Kier molecular flexibility index (Phi) is 4.60. The average Bonchev–Trinajstić information content (AvgIpc) is 3.12. The lowest BCUT2D eigenvalue weighted by atomic mass is 10.3. The topological polar surface area (TPSA) is 46.6 Å². The molecule has 0 saturated carbocycles. The average molecular weight is 331 g/mol. The number of hydrogen-bond acceptors (Lipinski definition) is 5. The molecule has 2 aromatic rings. The van der Waals surface area contributed by atoms with Gasteiger partial charge in [-0.15, -0.1) is 11.3 Å². The first kappa shape index (κ1) is 14.9. The number of rotatable bonds is 5. The molecule has 0 radical (unpaired) electrons. The van der Waals surface area contributed by atoms with Crippen LogP contribution in [0.5, 0.6) is 5.75 Å². The highest BCUT2D eigenvalue weighted by Gasteiger charge is 2.34. The third kappa shape index (κ3) is 3.40. The predicted octanol–water partition coefficient (Wildman–Crippen LogP) is 3.86. The smallest absolute Gasteiger partial charge is 0.293 e. The molecule has 22 heavy (non-hydrogen) atoms. The number of thioether (sulfide) groups is 1. The predicted molar refractivity (Wildman–Crippen MR) is 88.9 cm³/mol. The molecule has 1 aromatic carbocycles. The first-order valence-corrected chi connectivity index (χ1v) is 8.40. The van der Waals surface area contributed by atoms with E-state index < -0.39 is 0 Å². The van der Waals surface area contributed by atoms with Crippen molar-refractivity contribution in [1.29, 1.82) is 0 Å². The second-order valence-electron chi connectivity index (χ2n) is 4.51. The van der Waals surface area contributed by atoms with E-state index in [9.17, 15) is 9.59 Å². The van der Waals surface area contributed by atoms with E-state index in [1.54, 1.807) is 6.08 Å². The van der Waals surface area contributed by atoms with Gasteiger partial charge in [0.1, 0.15) is 12.4 Å². The quantitative estimate of drug-likeness (QED) is 0.781. The summed E-state index contributed by atoms with van der Waals surface area (Å²) < 4.78 is 5.53. The van der Waals surface area contributed by atoms with E-state index in [-0.39, 0.29) is 24.3 Å². The highest BCUT2D eigenvalue weighted by Crippen LogP contribution is 2.32. The first-order chi connectivity index (χ1) is 10.7. The van der Waals surface area contributed by atoms with Gasteiger partial charge in [0.15, 0.2) is 0 Å². The molecule has 0 bridgehead atoms. The zero-order chi connectivity index (χ0) is 15.4. The molecule has 2 amide bonds. The van der Waals surface area contributed by atoms with Crippen LogP contribution in [0.15, 0.2) is 52.7 Å². The largest absolute Gasteiger partial charge is 0.492 e. The van der Waals surface area contributed by atoms with E-state index in [1.807, 2.05) is 47.8 Å². The Morgan fingerprint density at radius 1 is 1.09 bits per heavy atom. The van der Waals surface area contributed by atoms with Crippen LogP contribution in [-0.4, -0.2) is 29.2 Å². The van der Waals surface area contributed by atoms with Crippen molar-refractivity contribution in [3.05, 3.63) is 57.6 Å². The molecule has 0 unspecified atom stereocenters. The molecule has 0 atom stereocenters. The Bertz CT molecular complexity index is 695. The molecule has 1 aliphatic heterocycles. The van der Waals surface area contributed by atoms with Gasteiger partial charge in [-0.2, -0.15) is 0 Å². The SMILES string of the molecule is O=C1S/C(=C\c2cccs2)C(=O)N1CCOc1ccccc1. The van der Waals surface area contributed by atoms with Crippen LogP contribution in [0.25, 0.3) is 6.08 Å². The molecule has 2 heterocycles. The third-order valence-corrected chi connectivity index (χ3v) is 4.74. The molecule has 112 valence electrons. The van der Waals surface area contributed by atoms with E-state index in [1.165, 1.54) is 16.2 Å². The maximum atomic E-state index is 12.2. The molecule has 0 N–H and O–H groups in total. The molecular weight excluding hydrogens is 318 g/mol. The van der Waals surface area contributed by atoms with E-state index in [4.69, 9.17) is 4.74 Å². The lowest BCUT2D eigenvalue weighted by Gasteiger charge is -2.13. The zero-order valence-corrected chi connectivity index (χ0v) is 13.2. The van der Waals surface area contributed by atoms with Gasteiger partial charge >= 0.3 is 0 Å². The van der Waals surface area contributed by atoms with Crippen molar-refractivity contribution >= 4 is 40.3 Å². The van der Waals surface area contributed by atoms with Crippen molar-refractivity contribution in [2.45, 2.75) is 0 Å². The summed E-state index contributed by atoms with van der Waals surface area (Å²) in [6.07, 6.45) is 1.76. The van der Waals surface area contributed by atoms with Crippen LogP contribution in [-0.2, 0) is 4.79 Å². The number of nitrogens with zero attached hydrogens (tertiary/aromatic N) is 1. The Hall–Kier alpha value is -2.05. The van der Waals surface area contributed by atoms with Crippen LogP contribution in [0.3, 0.4) is 0 Å². The van der Waals surface area contributed by atoms with Crippen LogP contribution in [0.2, 0.25) is 0 Å². The van der Waals surface area contributed by atoms with Crippen molar-refractivity contribution < 1.29 is 14.3 Å². The molecule has 0 aliphatic carbocycles. The molecule has 0 spiro atoms. The summed E-state index contributed by atoms with van der Waals surface area (Å²) in [6, 6.07) is 13.2. The summed E-state index contributed by atoms with van der Waals surface area (Å²) in [5.74, 6) is 0.476. The summed E-state index contributed by atoms with van der Waals surface area (Å²) in [4.78, 5) is 26.8. The number of imide groups is 1. The fraction of sp³-hybridized carbons (Fsp3) is 0.125. The minimum absolute atomic E-state index is 0.246. The minimum Gasteiger partial charge on any atom is -0.492 e. The fourth-order valence-electron chi connectivity index (χ4n) is 1.97. The minimum atomic E-state index is -0.250. The first-order valence-electron chi connectivity index (χ1n) is 6.71. The highest BCUT2D eigenvalue weighted by molar-refractivity contribution is 8.18. The monoisotopic (exact) mass is 331 g/mol. The number of thiophene rings is 1. The molecular formula is C16H13NO3S2. The summed E-state index contributed by atoms with van der Waals surface area (Å²) in [7, 11) is 0. The number of carbonyl (C=O) groups excluding carboxylic acids is 2. The lowest BCUT2D eigenvalue weighted by Crippen LogP contribution is -2.32. The Balaban J connectivity index is 1.60. The molecule has 1 saturated heterocycles. The maximum absolute atomic E-state index is 12.2. The number of carbonyl (C=O) groups is 2. The van der Waals surface area contributed by atoms with Crippen molar-refractivity contribution in [3.8, 4) is 5.75 Å². The summed E-state index contributed by atoms with van der Waals surface area (Å²) in [5.41, 5.74) is 0. The second-order valence-corrected chi connectivity index (χ2v) is 6.48. The number of hydrogen-bond donors (Lipinski definition) is 0. The molecule has 1 aliphatic rings. The third-order valence-electron chi connectivity index (χ3n) is 3.02. The van der Waals surface area contributed by atoms with Gasteiger partial charge in [-0.05, 0) is 41.4 Å². The highest BCUT2D eigenvalue weighted by atomic mass is 32.2. The Labute approximate surface area is 136 Å². The van der Waals surface area contributed by atoms with Crippen molar-refractivity contribution in [2.24, 2.45) is 0 Å². The van der Waals surface area contributed by atoms with E-state index in [2.05, 4.69) is 0 Å². The van der Waals surface area contributed by atoms with Crippen LogP contribution in [0.1, 0.15) is 4.88 Å². The standard InChI is InChI=1S/C16H13NO3S2/c18-15-14(11-13-7-4-10-21-13)22-16(19)17(15)8-9-20-12-5-2-1-3-6-12/h1-7,10-11H,8-9H2/b14-11-. The van der Waals surface area contributed by atoms with Gasteiger partial charge in [-0.25, -0.2) is 0 Å². The van der Waals surface area contributed by atoms with Gasteiger partial charge in [0, 0.05) is 4.88 Å².